The van der Waals surface area contributed by atoms with Crippen LogP contribution < -0.4 is 21.6 Å². The van der Waals surface area contributed by atoms with Gasteiger partial charge in [-0.15, -0.1) is 0 Å². The quantitative estimate of drug-likeness (QED) is 0.422. The minimum absolute atomic E-state index is 0.127. The molecule has 0 saturated carbocycles. The Morgan fingerprint density at radius 1 is 0.971 bits per heavy atom. The summed E-state index contributed by atoms with van der Waals surface area (Å²) in [6.45, 7) is 0. The smallest absolute Gasteiger partial charge is 0.341 e. The fraction of sp³-hybridized carbons (Fsp3) is 0.0400. The SMILES string of the molecule is NC(=O)C=CC1=c2c(Cl)cc(Cl)cc2=NC1(C(=O)O)c1cccc(NC(=O)c2ccc(Cl)cc2)c1. The van der Waals surface area contributed by atoms with Gasteiger partial charge in [0.25, 0.3) is 5.91 Å². The van der Waals surface area contributed by atoms with Crippen molar-refractivity contribution in [3.8, 4) is 0 Å². The third-order valence-corrected chi connectivity index (χ3v) is 6.12. The molecule has 0 radical (unpaired) electrons. The zero-order valence-corrected chi connectivity index (χ0v) is 20.0. The number of amides is 2. The first-order valence-corrected chi connectivity index (χ1v) is 11.2. The third-order valence-electron chi connectivity index (χ3n) is 5.35. The summed E-state index contributed by atoms with van der Waals surface area (Å²) in [6.07, 6.45) is 2.32. The number of carbonyl (C=O) groups is 3. The van der Waals surface area contributed by atoms with Crippen molar-refractivity contribution in [3.63, 3.8) is 0 Å². The van der Waals surface area contributed by atoms with Crippen LogP contribution in [0.25, 0.3) is 5.57 Å². The Kier molecular flexibility index (Phi) is 6.67. The van der Waals surface area contributed by atoms with Crippen LogP contribution in [0.5, 0.6) is 0 Å². The minimum Gasteiger partial charge on any atom is -0.479 e. The Morgan fingerprint density at radius 2 is 1.69 bits per heavy atom. The molecule has 0 bridgehead atoms. The number of aliphatic carboxylic acids is 1. The molecule has 4 N–H and O–H groups in total. The summed E-state index contributed by atoms with van der Waals surface area (Å²) < 4.78 is 0. The fourth-order valence-electron chi connectivity index (χ4n) is 3.84. The Labute approximate surface area is 214 Å². The zero-order chi connectivity index (χ0) is 25.3. The molecule has 1 aliphatic heterocycles. The molecule has 0 aromatic heterocycles. The molecule has 1 heterocycles. The zero-order valence-electron chi connectivity index (χ0n) is 17.8. The highest BCUT2D eigenvalue weighted by molar-refractivity contribution is 6.34. The Morgan fingerprint density at radius 3 is 2.34 bits per heavy atom. The van der Waals surface area contributed by atoms with Gasteiger partial charge in [-0.25, -0.2) is 4.79 Å². The summed E-state index contributed by atoms with van der Waals surface area (Å²) >= 11 is 18.4. The van der Waals surface area contributed by atoms with Gasteiger partial charge in [0.15, 0.2) is 0 Å². The molecule has 35 heavy (non-hydrogen) atoms. The van der Waals surface area contributed by atoms with E-state index in [1.54, 1.807) is 42.5 Å². The van der Waals surface area contributed by atoms with Crippen molar-refractivity contribution in [1.82, 2.24) is 0 Å². The lowest BCUT2D eigenvalue weighted by molar-refractivity contribution is -0.141. The van der Waals surface area contributed by atoms with Crippen molar-refractivity contribution in [3.05, 3.63) is 110 Å². The number of primary amides is 1. The van der Waals surface area contributed by atoms with E-state index in [0.717, 1.165) is 6.08 Å². The molecule has 3 aromatic carbocycles. The number of carboxylic acid groups (broad SMARTS) is 1. The molecule has 1 atom stereocenters. The van der Waals surface area contributed by atoms with Gasteiger partial charge in [-0.1, -0.05) is 46.9 Å². The number of halogens is 3. The summed E-state index contributed by atoms with van der Waals surface area (Å²) in [5.41, 5.74) is 4.33. The van der Waals surface area contributed by atoms with Gasteiger partial charge in [0.2, 0.25) is 11.4 Å². The second-order valence-electron chi connectivity index (χ2n) is 7.60. The summed E-state index contributed by atoms with van der Waals surface area (Å²) in [5, 5.41) is 14.6. The average Bonchev–Trinajstić information content (AvgIpc) is 3.13. The van der Waals surface area contributed by atoms with Crippen molar-refractivity contribution < 1.29 is 19.5 Å². The van der Waals surface area contributed by atoms with E-state index in [1.165, 1.54) is 24.3 Å². The van der Waals surface area contributed by atoms with E-state index in [2.05, 4.69) is 10.3 Å². The number of fused-ring (bicyclic) bond motifs is 1. The number of carbonyl (C=O) groups excluding carboxylic acids is 2. The van der Waals surface area contributed by atoms with Crippen LogP contribution in [0.15, 0.2) is 77.8 Å². The van der Waals surface area contributed by atoms with Crippen LogP contribution >= 0.6 is 34.8 Å². The highest BCUT2D eigenvalue weighted by Gasteiger charge is 2.46. The molecule has 3 aromatic rings. The van der Waals surface area contributed by atoms with Crippen LogP contribution in [-0.2, 0) is 15.1 Å². The number of rotatable bonds is 6. The first-order valence-electron chi connectivity index (χ1n) is 10.1. The fourth-order valence-corrected chi connectivity index (χ4v) is 4.55. The third kappa shape index (κ3) is 4.66. The number of nitrogens with two attached hydrogens (primary N) is 1. The predicted octanol–water partition coefficient (Wildman–Crippen LogP) is 3.70. The number of nitrogens with one attached hydrogen (secondary N) is 1. The maximum Gasteiger partial charge on any atom is 0.341 e. The molecule has 0 aliphatic carbocycles. The molecule has 176 valence electrons. The van der Waals surface area contributed by atoms with E-state index >= 15 is 0 Å². The van der Waals surface area contributed by atoms with Gasteiger partial charge in [-0.2, -0.15) is 0 Å². The van der Waals surface area contributed by atoms with Crippen molar-refractivity contribution in [2.24, 2.45) is 10.7 Å². The Bertz CT molecular complexity index is 1530. The number of benzene rings is 3. The van der Waals surface area contributed by atoms with Crippen molar-refractivity contribution in [1.29, 1.82) is 0 Å². The lowest BCUT2D eigenvalue weighted by Gasteiger charge is -2.25. The highest BCUT2D eigenvalue weighted by Crippen LogP contribution is 2.39. The number of carboxylic acids is 1. The van der Waals surface area contributed by atoms with E-state index < -0.39 is 23.3 Å². The maximum atomic E-state index is 12.8. The number of nitrogens with zero attached hydrogens (tertiary/aromatic N) is 1. The molecule has 1 unspecified atom stereocenters. The minimum atomic E-state index is -1.98. The largest absolute Gasteiger partial charge is 0.479 e. The van der Waals surface area contributed by atoms with Gasteiger partial charge in [0.05, 0.1) is 10.4 Å². The van der Waals surface area contributed by atoms with Crippen molar-refractivity contribution in [2.75, 3.05) is 5.32 Å². The number of anilines is 1. The van der Waals surface area contributed by atoms with Crippen LogP contribution in [0, 0.1) is 0 Å². The van der Waals surface area contributed by atoms with Gasteiger partial charge in [-0.05, 0) is 60.2 Å². The summed E-state index contributed by atoms with van der Waals surface area (Å²) in [4.78, 5) is 41.4. The standard InChI is InChI=1S/C25H16Cl3N3O4/c26-15-6-4-13(5-7-15)23(33)30-17-3-1-2-14(10-17)25(24(34)35)18(8-9-21(29)32)22-19(28)11-16(27)12-20(22)31-25/h1-12H,(H2,29,32)(H,30,33)(H,34,35). The first-order chi connectivity index (χ1) is 16.6. The van der Waals surface area contributed by atoms with Crippen LogP contribution in [0.1, 0.15) is 15.9 Å². The molecule has 0 saturated heterocycles. The van der Waals surface area contributed by atoms with E-state index in [0.29, 0.717) is 21.5 Å². The van der Waals surface area contributed by atoms with E-state index in [1.807, 2.05) is 0 Å². The summed E-state index contributed by atoms with van der Waals surface area (Å²) in [7, 11) is 0. The molecule has 0 fully saturated rings. The molecular formula is C25H16Cl3N3O4. The lowest BCUT2D eigenvalue weighted by atomic mass is 9.82. The lowest BCUT2D eigenvalue weighted by Crippen LogP contribution is -2.35. The molecular weight excluding hydrogens is 513 g/mol. The van der Waals surface area contributed by atoms with E-state index in [9.17, 15) is 19.5 Å². The Balaban J connectivity index is 1.87. The topological polar surface area (TPSA) is 122 Å². The molecule has 10 heteroatoms. The van der Waals surface area contributed by atoms with Gasteiger partial charge in [-0.3, -0.25) is 14.6 Å². The number of hydrogen-bond donors (Lipinski definition) is 3. The maximum absolute atomic E-state index is 12.8. The monoisotopic (exact) mass is 527 g/mol. The van der Waals surface area contributed by atoms with Gasteiger partial charge in [0, 0.05) is 38.2 Å². The van der Waals surface area contributed by atoms with Crippen molar-refractivity contribution in [2.45, 2.75) is 5.54 Å². The Hall–Kier alpha value is -3.65. The molecule has 2 amide bonds. The summed E-state index contributed by atoms with van der Waals surface area (Å²) in [5.74, 6) is -2.52. The highest BCUT2D eigenvalue weighted by atomic mass is 35.5. The van der Waals surface area contributed by atoms with Gasteiger partial charge in [0.1, 0.15) is 0 Å². The molecule has 0 spiro atoms. The van der Waals surface area contributed by atoms with Crippen LogP contribution in [-0.4, -0.2) is 22.9 Å². The number of hydrogen-bond acceptors (Lipinski definition) is 4. The molecule has 1 aliphatic rings. The molecule has 4 rings (SSSR count). The van der Waals surface area contributed by atoms with Gasteiger partial charge < -0.3 is 16.2 Å². The normalized spacial score (nSPS) is 16.6. The predicted molar refractivity (Wildman–Crippen MR) is 134 cm³/mol. The van der Waals surface area contributed by atoms with Crippen LogP contribution in [0.4, 0.5) is 5.69 Å². The van der Waals surface area contributed by atoms with E-state index in [-0.39, 0.29) is 26.5 Å². The van der Waals surface area contributed by atoms with Crippen LogP contribution in [0.3, 0.4) is 0 Å². The molecule has 7 nitrogen and oxygen atoms in total. The van der Waals surface area contributed by atoms with E-state index in [4.69, 9.17) is 40.5 Å². The average molecular weight is 529 g/mol. The second kappa shape index (κ2) is 9.54. The van der Waals surface area contributed by atoms with Crippen LogP contribution in [0.2, 0.25) is 15.1 Å². The second-order valence-corrected chi connectivity index (χ2v) is 8.88. The first kappa shape index (κ1) is 24.5. The van der Waals surface area contributed by atoms with Crippen molar-refractivity contribution >= 4 is 63.8 Å². The summed E-state index contributed by atoms with van der Waals surface area (Å²) in [6, 6.07) is 15.5. The van der Waals surface area contributed by atoms with Gasteiger partial charge >= 0.3 is 5.97 Å².